The van der Waals surface area contributed by atoms with Crippen LogP contribution in [0, 0.1) is 5.92 Å². The molecule has 0 unspecified atom stereocenters. The molecule has 0 N–H and O–H groups in total. The minimum atomic E-state index is -0.150. The Kier molecular flexibility index (Phi) is 4.51. The number of likely N-dealkylation sites (N-methyl/N-ethyl adjacent to an activating group) is 1. The van der Waals surface area contributed by atoms with Gasteiger partial charge in [-0.1, -0.05) is 37.5 Å². The lowest BCUT2D eigenvalue weighted by Crippen LogP contribution is -2.33. The molecule has 1 saturated carbocycles. The fourth-order valence-corrected chi connectivity index (χ4v) is 3.51. The van der Waals surface area contributed by atoms with Crippen molar-refractivity contribution < 1.29 is 9.59 Å². The Labute approximate surface area is 137 Å². The lowest BCUT2D eigenvalue weighted by molar-refractivity contribution is -0.123. The summed E-state index contributed by atoms with van der Waals surface area (Å²) in [5.74, 6) is 0.388. The summed E-state index contributed by atoms with van der Waals surface area (Å²) >= 11 is 0. The van der Waals surface area contributed by atoms with Gasteiger partial charge in [0.2, 0.25) is 5.91 Å². The third-order valence-electron chi connectivity index (χ3n) is 4.83. The molecular weight excluding hydrogens is 288 g/mol. The van der Waals surface area contributed by atoms with Crippen LogP contribution in [0.25, 0.3) is 5.57 Å². The second-order valence-corrected chi connectivity index (χ2v) is 6.73. The Balaban J connectivity index is 1.90. The number of hydrogen-bond donors (Lipinski definition) is 0. The van der Waals surface area contributed by atoms with Crippen LogP contribution in [0.2, 0.25) is 0 Å². The third kappa shape index (κ3) is 3.16. The van der Waals surface area contributed by atoms with Crippen LogP contribution >= 0.6 is 0 Å². The first-order chi connectivity index (χ1) is 11.1. The van der Waals surface area contributed by atoms with E-state index >= 15 is 0 Å². The number of benzene rings is 1. The molecule has 0 radical (unpaired) electrons. The number of rotatable bonds is 3. The van der Waals surface area contributed by atoms with Crippen LogP contribution in [0.15, 0.2) is 30.3 Å². The maximum Gasteiger partial charge on any atom is 0.259 e. The van der Waals surface area contributed by atoms with Gasteiger partial charge in [-0.15, -0.1) is 0 Å². The van der Waals surface area contributed by atoms with E-state index in [0.717, 1.165) is 17.8 Å². The first kappa shape index (κ1) is 15.8. The van der Waals surface area contributed by atoms with Gasteiger partial charge in [-0.05, 0) is 24.8 Å². The summed E-state index contributed by atoms with van der Waals surface area (Å²) in [4.78, 5) is 28.3. The highest BCUT2D eigenvalue weighted by atomic mass is 16.2. The molecule has 1 aliphatic heterocycles. The summed E-state index contributed by atoms with van der Waals surface area (Å²) in [6.07, 6.45) is 7.70. The topological polar surface area (TPSA) is 40.6 Å². The number of anilines is 1. The van der Waals surface area contributed by atoms with Crippen LogP contribution in [0.5, 0.6) is 0 Å². The fraction of sp³-hybridized carbons (Fsp3) is 0.474. The minimum Gasteiger partial charge on any atom is -0.345 e. The lowest BCUT2D eigenvalue weighted by Gasteiger charge is -2.27. The van der Waals surface area contributed by atoms with Crippen molar-refractivity contribution in [3.05, 3.63) is 35.9 Å². The SMILES string of the molecule is CN(C)C(=O)C=C1C(=O)N(CC2CCCCC2)c2ccccc21. The molecule has 2 amide bonds. The number of nitrogens with zero attached hydrogens (tertiary/aromatic N) is 2. The standard InChI is InChI=1S/C19H24N2O2/c1-20(2)18(22)12-16-15-10-6-7-11-17(15)21(19(16)23)13-14-8-4-3-5-9-14/h6-7,10-12,14H,3-5,8-9,13H2,1-2H3. The van der Waals surface area contributed by atoms with E-state index in [9.17, 15) is 9.59 Å². The molecular formula is C19H24N2O2. The van der Waals surface area contributed by atoms with Crippen LogP contribution in [-0.4, -0.2) is 37.4 Å². The molecule has 3 rings (SSSR count). The zero-order valence-electron chi connectivity index (χ0n) is 13.9. The van der Waals surface area contributed by atoms with E-state index in [-0.39, 0.29) is 11.8 Å². The summed E-state index contributed by atoms with van der Waals surface area (Å²) in [6.45, 7) is 0.767. The van der Waals surface area contributed by atoms with E-state index in [1.165, 1.54) is 43.1 Å². The Morgan fingerprint density at radius 1 is 1.22 bits per heavy atom. The zero-order chi connectivity index (χ0) is 16.4. The number of fused-ring (bicyclic) bond motifs is 1. The van der Waals surface area contributed by atoms with Crippen molar-refractivity contribution in [3.63, 3.8) is 0 Å². The summed E-state index contributed by atoms with van der Waals surface area (Å²) in [7, 11) is 3.40. The largest absolute Gasteiger partial charge is 0.345 e. The molecule has 1 heterocycles. The second-order valence-electron chi connectivity index (χ2n) is 6.73. The summed E-state index contributed by atoms with van der Waals surface area (Å²) in [5.41, 5.74) is 2.35. The van der Waals surface area contributed by atoms with Crippen molar-refractivity contribution in [2.24, 2.45) is 5.92 Å². The van der Waals surface area contributed by atoms with E-state index < -0.39 is 0 Å². The van der Waals surface area contributed by atoms with Gasteiger partial charge in [-0.3, -0.25) is 9.59 Å². The number of amides is 2. The van der Waals surface area contributed by atoms with Crippen LogP contribution in [0.3, 0.4) is 0 Å². The molecule has 23 heavy (non-hydrogen) atoms. The van der Waals surface area contributed by atoms with Crippen molar-refractivity contribution in [3.8, 4) is 0 Å². The lowest BCUT2D eigenvalue weighted by atomic mass is 9.89. The minimum absolute atomic E-state index is 0.0352. The molecule has 0 bridgehead atoms. The van der Waals surface area contributed by atoms with Gasteiger partial charge in [-0.2, -0.15) is 0 Å². The molecule has 0 spiro atoms. The first-order valence-electron chi connectivity index (χ1n) is 8.42. The second kappa shape index (κ2) is 6.57. The van der Waals surface area contributed by atoms with Crippen molar-refractivity contribution >= 4 is 23.1 Å². The maximum atomic E-state index is 12.9. The average molecular weight is 312 g/mol. The highest BCUT2D eigenvalue weighted by molar-refractivity contribution is 6.34. The van der Waals surface area contributed by atoms with Gasteiger partial charge < -0.3 is 9.80 Å². The van der Waals surface area contributed by atoms with Gasteiger partial charge in [-0.25, -0.2) is 0 Å². The Hall–Kier alpha value is -2.10. The van der Waals surface area contributed by atoms with Crippen molar-refractivity contribution in [2.45, 2.75) is 32.1 Å². The van der Waals surface area contributed by atoms with Gasteiger partial charge >= 0.3 is 0 Å². The van der Waals surface area contributed by atoms with Gasteiger partial charge in [0.05, 0.1) is 11.3 Å². The van der Waals surface area contributed by atoms with Gasteiger partial charge in [0.1, 0.15) is 0 Å². The molecule has 4 nitrogen and oxygen atoms in total. The highest BCUT2D eigenvalue weighted by Crippen LogP contribution is 2.38. The monoisotopic (exact) mass is 312 g/mol. The van der Waals surface area contributed by atoms with Gasteiger partial charge in [0.25, 0.3) is 5.91 Å². The van der Waals surface area contributed by atoms with Crippen LogP contribution in [-0.2, 0) is 9.59 Å². The normalized spacial score (nSPS) is 20.0. The maximum absolute atomic E-state index is 12.9. The van der Waals surface area contributed by atoms with E-state index in [1.807, 2.05) is 29.2 Å². The molecule has 122 valence electrons. The molecule has 2 aliphatic rings. The molecule has 1 fully saturated rings. The van der Waals surface area contributed by atoms with Crippen molar-refractivity contribution in [1.82, 2.24) is 4.90 Å². The molecule has 4 heteroatoms. The summed E-state index contributed by atoms with van der Waals surface area (Å²) < 4.78 is 0. The molecule has 0 aromatic heterocycles. The Morgan fingerprint density at radius 3 is 2.61 bits per heavy atom. The number of carbonyl (C=O) groups excluding carboxylic acids is 2. The number of hydrogen-bond acceptors (Lipinski definition) is 2. The number of carbonyl (C=O) groups is 2. The fourth-order valence-electron chi connectivity index (χ4n) is 3.51. The van der Waals surface area contributed by atoms with Crippen LogP contribution < -0.4 is 4.90 Å². The summed E-state index contributed by atoms with van der Waals surface area (Å²) in [5, 5.41) is 0. The Morgan fingerprint density at radius 2 is 1.91 bits per heavy atom. The third-order valence-corrected chi connectivity index (χ3v) is 4.83. The summed E-state index contributed by atoms with van der Waals surface area (Å²) in [6, 6.07) is 7.79. The average Bonchev–Trinajstić information content (AvgIpc) is 2.82. The quantitative estimate of drug-likeness (QED) is 0.805. The van der Waals surface area contributed by atoms with E-state index in [0.29, 0.717) is 11.5 Å². The molecule has 0 saturated heterocycles. The predicted molar refractivity (Wildman–Crippen MR) is 92.0 cm³/mol. The smallest absolute Gasteiger partial charge is 0.259 e. The Bertz CT molecular complexity index is 643. The van der Waals surface area contributed by atoms with Crippen molar-refractivity contribution in [1.29, 1.82) is 0 Å². The molecule has 0 atom stereocenters. The number of para-hydroxylation sites is 1. The zero-order valence-corrected chi connectivity index (χ0v) is 13.9. The highest BCUT2D eigenvalue weighted by Gasteiger charge is 2.34. The van der Waals surface area contributed by atoms with Crippen LogP contribution in [0.4, 0.5) is 5.69 Å². The molecule has 1 aliphatic carbocycles. The molecule has 1 aromatic rings. The van der Waals surface area contributed by atoms with Crippen LogP contribution in [0.1, 0.15) is 37.7 Å². The van der Waals surface area contributed by atoms with Gasteiger partial charge in [0, 0.05) is 32.3 Å². The van der Waals surface area contributed by atoms with E-state index in [2.05, 4.69) is 0 Å². The first-order valence-corrected chi connectivity index (χ1v) is 8.42. The van der Waals surface area contributed by atoms with E-state index in [4.69, 9.17) is 0 Å². The van der Waals surface area contributed by atoms with Gasteiger partial charge in [0.15, 0.2) is 0 Å². The predicted octanol–water partition coefficient (Wildman–Crippen LogP) is 3.09. The van der Waals surface area contributed by atoms with Crippen molar-refractivity contribution in [2.75, 3.05) is 25.5 Å². The van der Waals surface area contributed by atoms with E-state index in [1.54, 1.807) is 14.1 Å². The molecule has 1 aromatic carbocycles.